The molecule has 6 aromatic carbocycles. The molecule has 0 spiro atoms. The van der Waals surface area contributed by atoms with Crippen molar-refractivity contribution < 1.29 is 4.42 Å². The molecule has 0 saturated carbocycles. The Balaban J connectivity index is 1.29. The van der Waals surface area contributed by atoms with Crippen LogP contribution in [0.5, 0.6) is 0 Å². The molecule has 3 heteroatoms. The fraction of sp³-hybridized carbons (Fsp3) is 0.0750. The van der Waals surface area contributed by atoms with Gasteiger partial charge in [-0.05, 0) is 82.9 Å². The average Bonchev–Trinajstić information content (AvgIpc) is 3.65. The fourth-order valence-electron chi connectivity index (χ4n) is 7.27. The summed E-state index contributed by atoms with van der Waals surface area (Å²) in [5, 5.41) is 14.8. The van der Waals surface area contributed by atoms with Gasteiger partial charge in [0.25, 0.3) is 0 Å². The Bertz CT molecular complexity index is 2450. The summed E-state index contributed by atoms with van der Waals surface area (Å²) in [4.78, 5) is 0. The van der Waals surface area contributed by atoms with Crippen LogP contribution >= 0.6 is 0 Å². The summed E-state index contributed by atoms with van der Waals surface area (Å²) >= 11 is 0. The minimum absolute atomic E-state index is 0.141. The predicted octanol–water partition coefficient (Wildman–Crippen LogP) is 10.1. The lowest BCUT2D eigenvalue weighted by Crippen LogP contribution is -2.14. The molecule has 0 unspecified atom stereocenters. The molecule has 1 aliphatic rings. The van der Waals surface area contributed by atoms with Gasteiger partial charge in [0.05, 0.1) is 28.4 Å². The van der Waals surface area contributed by atoms with Crippen molar-refractivity contribution in [2.75, 3.05) is 0 Å². The van der Waals surface area contributed by atoms with E-state index in [0.717, 1.165) is 55.3 Å². The lowest BCUT2D eigenvalue weighted by atomic mass is 9.82. The number of nitriles is 1. The Morgan fingerprint density at radius 2 is 1.47 bits per heavy atom. The molecule has 0 bridgehead atoms. The third-order valence-corrected chi connectivity index (χ3v) is 9.30. The van der Waals surface area contributed by atoms with Gasteiger partial charge in [-0.1, -0.05) is 74.5 Å². The number of benzene rings is 5. The number of hydrogen-bond acceptors (Lipinski definition) is 2. The second-order valence-electron chi connectivity index (χ2n) is 11.9. The van der Waals surface area contributed by atoms with E-state index in [1.54, 1.807) is 0 Å². The Kier molecular flexibility index (Phi) is 4.66. The number of hydrogen-bond donors (Lipinski definition) is 0. The lowest BCUT2D eigenvalue weighted by molar-refractivity contribution is 0.647. The molecule has 200 valence electrons. The van der Waals surface area contributed by atoms with Gasteiger partial charge in [-0.25, -0.2) is 0 Å². The summed E-state index contributed by atoms with van der Waals surface area (Å²) in [6.07, 6.45) is 0. The van der Waals surface area contributed by atoms with E-state index in [4.69, 9.17) is 4.42 Å². The first-order chi connectivity index (χ1) is 21.0. The molecule has 0 amide bonds. The first-order valence-electron chi connectivity index (χ1n) is 14.5. The summed E-state index contributed by atoms with van der Waals surface area (Å²) < 4.78 is 8.85. The van der Waals surface area contributed by atoms with E-state index in [-0.39, 0.29) is 5.41 Å². The highest BCUT2D eigenvalue weighted by Crippen LogP contribution is 2.50. The fourth-order valence-corrected chi connectivity index (χ4v) is 7.27. The van der Waals surface area contributed by atoms with Crippen molar-refractivity contribution in [2.24, 2.45) is 0 Å². The highest BCUT2D eigenvalue weighted by molar-refractivity contribution is 6.11. The van der Waals surface area contributed by atoms with Crippen LogP contribution in [-0.2, 0) is 5.41 Å². The van der Waals surface area contributed by atoms with Gasteiger partial charge in [0.1, 0.15) is 11.2 Å². The quantitative estimate of drug-likeness (QED) is 0.216. The standard InChI is InChI=1S/C40H24N2O/c1-40(2)32-14-6-3-11-26(32)30-21-31-29-19-18-24(20-37(29)43-38(31)22-33(30)40)39-25(23-41)10-9-17-36(39)42-34-15-7-4-12-27(34)28-13-5-8-16-35(28)42/h4-10,12-22H,1-2H3. The topological polar surface area (TPSA) is 41.9 Å². The van der Waals surface area contributed by atoms with Crippen LogP contribution in [0.25, 0.3) is 71.7 Å². The van der Waals surface area contributed by atoms with E-state index in [9.17, 15) is 5.26 Å². The van der Waals surface area contributed by atoms with E-state index in [2.05, 4.69) is 128 Å². The number of fused-ring (bicyclic) bond motifs is 9. The van der Waals surface area contributed by atoms with Gasteiger partial charge in [-0.2, -0.15) is 5.26 Å². The highest BCUT2D eigenvalue weighted by atomic mass is 16.3. The normalized spacial score (nSPS) is 13.3. The van der Waals surface area contributed by atoms with E-state index >= 15 is 0 Å². The number of nitrogens with zero attached hydrogens (tertiary/aromatic N) is 2. The van der Waals surface area contributed by atoms with Crippen LogP contribution < -0.4 is 0 Å². The van der Waals surface area contributed by atoms with E-state index in [0.29, 0.717) is 5.56 Å². The van der Waals surface area contributed by atoms with Gasteiger partial charge in [0.15, 0.2) is 0 Å². The van der Waals surface area contributed by atoms with Crippen LogP contribution in [0, 0.1) is 23.5 Å². The van der Waals surface area contributed by atoms with Crippen molar-refractivity contribution in [3.63, 3.8) is 0 Å². The van der Waals surface area contributed by atoms with Crippen LogP contribution in [0.1, 0.15) is 30.5 Å². The van der Waals surface area contributed by atoms with Gasteiger partial charge in [-0.15, -0.1) is 0 Å². The Morgan fingerprint density at radius 3 is 2.23 bits per heavy atom. The van der Waals surface area contributed by atoms with Crippen LogP contribution in [0.15, 0.2) is 114 Å². The van der Waals surface area contributed by atoms with Crippen LogP contribution in [0.3, 0.4) is 0 Å². The van der Waals surface area contributed by atoms with Gasteiger partial charge >= 0.3 is 0 Å². The third kappa shape index (κ3) is 3.14. The number of furan rings is 1. The molecule has 3 nitrogen and oxygen atoms in total. The average molecular weight is 549 g/mol. The molecule has 0 radical (unpaired) electrons. The summed E-state index contributed by atoms with van der Waals surface area (Å²) in [6, 6.07) is 46.8. The van der Waals surface area contributed by atoms with Crippen LogP contribution in [-0.4, -0.2) is 4.57 Å². The Labute approximate surface area is 248 Å². The molecule has 9 rings (SSSR count). The molecule has 0 aliphatic heterocycles. The third-order valence-electron chi connectivity index (χ3n) is 9.30. The van der Waals surface area contributed by atoms with Crippen molar-refractivity contribution in [3.05, 3.63) is 138 Å². The van der Waals surface area contributed by atoms with Crippen molar-refractivity contribution in [3.8, 4) is 34.0 Å². The van der Waals surface area contributed by atoms with Crippen molar-refractivity contribution >= 4 is 43.7 Å². The summed E-state index contributed by atoms with van der Waals surface area (Å²) in [7, 11) is 0. The number of aromatic nitrogens is 1. The van der Waals surface area contributed by atoms with Crippen molar-refractivity contribution in [2.45, 2.75) is 19.3 Å². The van der Waals surface area contributed by atoms with Gasteiger partial charge in [0, 0.05) is 38.1 Å². The molecule has 0 saturated heterocycles. The SMILES string of the molecule is CC1(C)c2ccc#cc2-c2cc3c(cc21)oc1cc(-c2c(C#N)cccc2-n2c4ccccc4c4ccccc42)ccc13. The molecule has 2 heterocycles. The monoisotopic (exact) mass is 548 g/mol. The molecule has 0 atom stereocenters. The zero-order valence-corrected chi connectivity index (χ0v) is 23.7. The maximum Gasteiger partial charge on any atom is 0.136 e. The molecule has 43 heavy (non-hydrogen) atoms. The number of rotatable bonds is 2. The maximum absolute atomic E-state index is 10.3. The largest absolute Gasteiger partial charge is 0.456 e. The minimum atomic E-state index is -0.141. The maximum atomic E-state index is 10.3. The zero-order valence-electron chi connectivity index (χ0n) is 23.7. The molecule has 0 fully saturated rings. The van der Waals surface area contributed by atoms with E-state index < -0.39 is 0 Å². The first kappa shape index (κ1) is 23.9. The van der Waals surface area contributed by atoms with Crippen molar-refractivity contribution in [1.29, 1.82) is 5.26 Å². The second kappa shape index (κ2) is 8.39. The molecule has 8 aromatic rings. The highest BCUT2D eigenvalue weighted by Gasteiger charge is 2.36. The van der Waals surface area contributed by atoms with Gasteiger partial charge in [-0.3, -0.25) is 0 Å². The van der Waals surface area contributed by atoms with Crippen LogP contribution in [0.4, 0.5) is 0 Å². The van der Waals surface area contributed by atoms with Gasteiger partial charge < -0.3 is 8.98 Å². The summed E-state index contributed by atoms with van der Waals surface area (Å²) in [5.41, 5.74) is 12.0. The lowest BCUT2D eigenvalue weighted by Gasteiger charge is -2.20. The first-order valence-corrected chi connectivity index (χ1v) is 14.5. The Morgan fingerprint density at radius 1 is 0.721 bits per heavy atom. The molecule has 2 aromatic heterocycles. The summed E-state index contributed by atoms with van der Waals surface area (Å²) in [6.45, 7) is 4.51. The molecule has 1 aliphatic carbocycles. The molecule has 0 N–H and O–H groups in total. The molecular weight excluding hydrogens is 524 g/mol. The van der Waals surface area contributed by atoms with Crippen molar-refractivity contribution in [1.82, 2.24) is 4.57 Å². The second-order valence-corrected chi connectivity index (χ2v) is 11.9. The minimum Gasteiger partial charge on any atom is -0.456 e. The summed E-state index contributed by atoms with van der Waals surface area (Å²) in [5.74, 6) is 0. The smallest absolute Gasteiger partial charge is 0.136 e. The molecular formula is C40H24N2O. The van der Waals surface area contributed by atoms with E-state index in [1.165, 1.54) is 27.5 Å². The number of para-hydroxylation sites is 2. The van der Waals surface area contributed by atoms with Gasteiger partial charge in [0.2, 0.25) is 0 Å². The predicted molar refractivity (Wildman–Crippen MR) is 173 cm³/mol. The van der Waals surface area contributed by atoms with Crippen LogP contribution in [0.2, 0.25) is 0 Å². The zero-order chi connectivity index (χ0) is 28.9. The van der Waals surface area contributed by atoms with E-state index in [1.807, 2.05) is 18.2 Å². The Hall–Kier alpha value is -5.77.